The van der Waals surface area contributed by atoms with Gasteiger partial charge in [0, 0.05) is 39.8 Å². The van der Waals surface area contributed by atoms with E-state index < -0.39 is 0 Å². The first-order valence-corrected chi connectivity index (χ1v) is 1.31. The topological polar surface area (TPSA) is 29.1 Å². The molecule has 3 heteroatoms. The Bertz CT molecular complexity index is 46.1. The minimum Gasteiger partial charge on any atom is -0.384 e. The standard InChI is InChI=1S/C3H6NO.Y/c1-3(5)4-2;/h1H2,2H3,(H,4,5);/q-1;. The first-order chi connectivity index (χ1) is 2.27. The van der Waals surface area contributed by atoms with Crippen molar-refractivity contribution in [2.75, 3.05) is 7.05 Å². The molecule has 0 rings (SSSR count). The molecule has 0 bridgehead atoms. The van der Waals surface area contributed by atoms with E-state index in [0.29, 0.717) is 0 Å². The maximum absolute atomic E-state index is 9.59. The van der Waals surface area contributed by atoms with E-state index in [9.17, 15) is 4.79 Å². The van der Waals surface area contributed by atoms with Crippen LogP contribution >= 0.6 is 0 Å². The van der Waals surface area contributed by atoms with Crippen molar-refractivity contribution in [3.8, 4) is 0 Å². The van der Waals surface area contributed by atoms with Gasteiger partial charge >= 0.3 is 0 Å². The van der Waals surface area contributed by atoms with Crippen molar-refractivity contribution in [3.63, 3.8) is 0 Å². The molecule has 0 saturated carbocycles. The summed E-state index contributed by atoms with van der Waals surface area (Å²) in [7, 11) is 1.54. The largest absolute Gasteiger partial charge is 0.384 e. The van der Waals surface area contributed by atoms with Gasteiger partial charge in [0.05, 0.1) is 5.91 Å². The Morgan fingerprint density at radius 1 is 1.83 bits per heavy atom. The maximum Gasteiger partial charge on any atom is 0.0794 e. The Morgan fingerprint density at radius 2 is 2.00 bits per heavy atom. The average molecular weight is 161 g/mol. The number of amides is 1. The first kappa shape index (κ1) is 9.67. The second kappa shape index (κ2) is 5.44. The summed E-state index contributed by atoms with van der Waals surface area (Å²) in [6.07, 6.45) is 0. The van der Waals surface area contributed by atoms with Crippen molar-refractivity contribution >= 4 is 5.91 Å². The van der Waals surface area contributed by atoms with E-state index in [0.717, 1.165) is 0 Å². The van der Waals surface area contributed by atoms with Gasteiger partial charge in [-0.15, -0.1) is 0 Å². The smallest absolute Gasteiger partial charge is 0.0794 e. The average Bonchev–Trinajstić information content (AvgIpc) is 1.38. The van der Waals surface area contributed by atoms with E-state index in [1.54, 1.807) is 0 Å². The quantitative estimate of drug-likeness (QED) is 0.479. The van der Waals surface area contributed by atoms with Crippen molar-refractivity contribution in [3.05, 3.63) is 6.92 Å². The number of hydrogen-bond acceptors (Lipinski definition) is 1. The third kappa shape index (κ3) is 8.82. The fraction of sp³-hybridized carbons (Fsp3) is 0.333. The Morgan fingerprint density at radius 3 is 2.00 bits per heavy atom. The molecule has 0 saturated heterocycles. The minimum atomic E-state index is -0.245. The fourth-order valence-corrected chi connectivity index (χ4v) is 0. The van der Waals surface area contributed by atoms with Crippen molar-refractivity contribution in [1.82, 2.24) is 5.32 Å². The molecule has 33 valence electrons. The molecule has 0 heterocycles. The molecular formula is C3H6NOY-. The Balaban J connectivity index is 0. The van der Waals surface area contributed by atoms with Crippen LogP contribution in [0.1, 0.15) is 0 Å². The Kier molecular flexibility index (Phi) is 8.77. The van der Waals surface area contributed by atoms with Crippen LogP contribution in [0.5, 0.6) is 0 Å². The van der Waals surface area contributed by atoms with E-state index in [1.807, 2.05) is 0 Å². The van der Waals surface area contributed by atoms with Gasteiger partial charge in [-0.2, -0.15) is 0 Å². The molecule has 0 fully saturated rings. The van der Waals surface area contributed by atoms with Crippen molar-refractivity contribution in [1.29, 1.82) is 0 Å². The molecule has 0 atom stereocenters. The van der Waals surface area contributed by atoms with Crippen molar-refractivity contribution in [2.24, 2.45) is 0 Å². The van der Waals surface area contributed by atoms with Crippen LogP contribution in [0.15, 0.2) is 0 Å². The van der Waals surface area contributed by atoms with E-state index in [4.69, 9.17) is 0 Å². The third-order valence-electron chi connectivity index (χ3n) is 0.279. The zero-order valence-electron chi connectivity index (χ0n) is 3.69. The van der Waals surface area contributed by atoms with Gasteiger partial charge in [-0.3, -0.25) is 0 Å². The molecular weight excluding hydrogens is 155 g/mol. The van der Waals surface area contributed by atoms with Crippen LogP contribution in [0.4, 0.5) is 0 Å². The summed E-state index contributed by atoms with van der Waals surface area (Å²) < 4.78 is 0. The van der Waals surface area contributed by atoms with Crippen LogP contribution in [-0.4, -0.2) is 13.0 Å². The number of nitrogens with one attached hydrogen (secondary N) is 1. The predicted octanol–water partition coefficient (Wildman–Crippen LogP) is -0.436. The Hall–Kier alpha value is 0.444. The molecule has 0 aromatic rings. The summed E-state index contributed by atoms with van der Waals surface area (Å²) in [5, 5.41) is 2.28. The zero-order valence-corrected chi connectivity index (χ0v) is 6.53. The molecule has 0 aromatic carbocycles. The molecule has 0 unspecified atom stereocenters. The van der Waals surface area contributed by atoms with E-state index in [-0.39, 0.29) is 38.6 Å². The van der Waals surface area contributed by atoms with Gasteiger partial charge in [-0.1, -0.05) is 0 Å². The summed E-state index contributed by atoms with van der Waals surface area (Å²) in [5.41, 5.74) is 0. The first-order valence-electron chi connectivity index (χ1n) is 1.31. The van der Waals surface area contributed by atoms with E-state index in [2.05, 4.69) is 12.2 Å². The van der Waals surface area contributed by atoms with Gasteiger partial charge in [0.25, 0.3) is 0 Å². The monoisotopic (exact) mass is 161 g/mol. The van der Waals surface area contributed by atoms with Gasteiger partial charge < -0.3 is 17.0 Å². The van der Waals surface area contributed by atoms with Gasteiger partial charge in [-0.25, -0.2) is 0 Å². The fourth-order valence-electron chi connectivity index (χ4n) is 0. The molecule has 6 heavy (non-hydrogen) atoms. The van der Waals surface area contributed by atoms with Crippen molar-refractivity contribution in [2.45, 2.75) is 0 Å². The van der Waals surface area contributed by atoms with Crippen LogP contribution < -0.4 is 5.32 Å². The summed E-state index contributed by atoms with van der Waals surface area (Å²) in [6.45, 7) is 3.01. The van der Waals surface area contributed by atoms with Crippen LogP contribution in [-0.2, 0) is 37.5 Å². The molecule has 0 aliphatic heterocycles. The summed E-state index contributed by atoms with van der Waals surface area (Å²) >= 11 is 0. The summed E-state index contributed by atoms with van der Waals surface area (Å²) in [4.78, 5) is 9.59. The predicted molar refractivity (Wildman–Crippen MR) is 19.4 cm³/mol. The van der Waals surface area contributed by atoms with Crippen LogP contribution in [0.3, 0.4) is 0 Å². The zero-order chi connectivity index (χ0) is 4.28. The second-order valence-electron chi connectivity index (χ2n) is 0.673. The minimum absolute atomic E-state index is 0. The number of carbonyl (C=O) groups is 1. The summed E-state index contributed by atoms with van der Waals surface area (Å²) in [6, 6.07) is 0. The second-order valence-corrected chi connectivity index (χ2v) is 0.673. The number of hydrogen-bond donors (Lipinski definition) is 1. The molecule has 1 amide bonds. The molecule has 0 aliphatic rings. The number of rotatable bonds is 0. The molecule has 0 spiro atoms. The van der Waals surface area contributed by atoms with E-state index in [1.165, 1.54) is 7.05 Å². The van der Waals surface area contributed by atoms with Gasteiger partial charge in [0.1, 0.15) is 0 Å². The van der Waals surface area contributed by atoms with Crippen molar-refractivity contribution < 1.29 is 37.5 Å². The number of carbonyl (C=O) groups excluding carboxylic acids is 1. The summed E-state index contributed by atoms with van der Waals surface area (Å²) in [5.74, 6) is -0.245. The Labute approximate surface area is 62.6 Å². The molecule has 1 N–H and O–H groups in total. The normalized spacial score (nSPS) is 5.50. The molecule has 0 aromatic heterocycles. The third-order valence-corrected chi connectivity index (χ3v) is 0.279. The maximum atomic E-state index is 9.59. The van der Waals surface area contributed by atoms with E-state index >= 15 is 0 Å². The van der Waals surface area contributed by atoms with Crippen LogP contribution in [0, 0.1) is 6.92 Å². The SMILES string of the molecule is [CH2-]C(=O)NC.[Y]. The van der Waals surface area contributed by atoms with Gasteiger partial charge in [0.15, 0.2) is 0 Å². The van der Waals surface area contributed by atoms with Crippen LogP contribution in [0.25, 0.3) is 0 Å². The van der Waals surface area contributed by atoms with Crippen LogP contribution in [0.2, 0.25) is 0 Å². The molecule has 0 aliphatic carbocycles. The van der Waals surface area contributed by atoms with Gasteiger partial charge in [0.2, 0.25) is 0 Å². The molecule has 1 radical (unpaired) electrons. The van der Waals surface area contributed by atoms with Gasteiger partial charge in [-0.05, 0) is 0 Å². The molecule has 2 nitrogen and oxygen atoms in total.